The van der Waals surface area contributed by atoms with E-state index in [0.29, 0.717) is 12.4 Å². The zero-order valence-corrected chi connectivity index (χ0v) is 14.9. The third-order valence-electron chi connectivity index (χ3n) is 2.75. The molecular weight excluding hydrogens is 389 g/mol. The summed E-state index contributed by atoms with van der Waals surface area (Å²) in [6.45, 7) is 0.465. The van der Waals surface area contributed by atoms with Crippen molar-refractivity contribution in [3.8, 4) is 0 Å². The van der Waals surface area contributed by atoms with E-state index in [4.69, 9.17) is 4.74 Å². The second-order valence-corrected chi connectivity index (χ2v) is 7.95. The maximum atomic E-state index is 11.2. The van der Waals surface area contributed by atoms with Crippen molar-refractivity contribution < 1.29 is 34.7 Å². The molecular formula is C15H17F6O2PS. The average Bonchev–Trinajstić information content (AvgIpc) is 2.44. The van der Waals surface area contributed by atoms with Crippen LogP contribution < -0.4 is 0 Å². The zero-order chi connectivity index (χ0) is 19.2. The third kappa shape index (κ3) is 12.5. The molecule has 142 valence electrons. The van der Waals surface area contributed by atoms with Crippen LogP contribution in [0.15, 0.2) is 42.5 Å². The number of esters is 1. The molecule has 2 nitrogen and oxygen atoms in total. The molecule has 10 heteroatoms. The van der Waals surface area contributed by atoms with Crippen LogP contribution in [0.1, 0.15) is 5.56 Å². The van der Waals surface area contributed by atoms with Gasteiger partial charge in [0.1, 0.15) is 0 Å². The van der Waals surface area contributed by atoms with Crippen LogP contribution in [-0.4, -0.2) is 24.6 Å². The Morgan fingerprint density at radius 3 is 2.12 bits per heavy atom. The van der Waals surface area contributed by atoms with Gasteiger partial charge in [-0.15, -0.1) is 0 Å². The first-order valence-electron chi connectivity index (χ1n) is 7.00. The number of thiol groups is 1. The summed E-state index contributed by atoms with van der Waals surface area (Å²) in [6, 6.07) is 14.6. The van der Waals surface area contributed by atoms with Crippen LogP contribution in [0.2, 0.25) is 0 Å². The minimum absolute atomic E-state index is 0.111. The molecule has 0 heterocycles. The fraction of sp³-hybridized carbons (Fsp3) is 0.267. The SMILES string of the molecule is C[SH+]CC(=O)OCCc1ccc2ccccc2c1.F[P-](F)(F)(F)(F)F. The molecule has 0 aliphatic heterocycles. The summed E-state index contributed by atoms with van der Waals surface area (Å²) in [5.74, 6) is 0.373. The van der Waals surface area contributed by atoms with E-state index >= 15 is 0 Å². The van der Waals surface area contributed by atoms with E-state index in [-0.39, 0.29) is 5.97 Å². The summed E-state index contributed by atoms with van der Waals surface area (Å²) >= 11 is 1.06. The topological polar surface area (TPSA) is 26.3 Å². The Labute approximate surface area is 144 Å². The molecule has 0 aliphatic rings. The number of fused-ring (bicyclic) bond motifs is 1. The number of benzene rings is 2. The van der Waals surface area contributed by atoms with Gasteiger partial charge in [0.2, 0.25) is 5.75 Å². The van der Waals surface area contributed by atoms with Crippen molar-refractivity contribution in [3.63, 3.8) is 0 Å². The van der Waals surface area contributed by atoms with Gasteiger partial charge >= 0.3 is 39.0 Å². The fourth-order valence-corrected chi connectivity index (χ4v) is 2.20. The molecule has 0 saturated carbocycles. The number of carbonyl (C=O) groups excluding carboxylic acids is 1. The molecule has 0 radical (unpaired) electrons. The van der Waals surface area contributed by atoms with Crippen molar-refractivity contribution >= 4 is 36.3 Å². The van der Waals surface area contributed by atoms with Gasteiger partial charge in [0.25, 0.3) is 0 Å². The molecule has 0 aliphatic carbocycles. The van der Waals surface area contributed by atoms with E-state index in [2.05, 4.69) is 30.3 Å². The van der Waals surface area contributed by atoms with Gasteiger partial charge in [-0.05, 0) is 28.1 Å². The first-order valence-corrected chi connectivity index (χ1v) is 10.6. The second-order valence-electron chi connectivity index (χ2n) is 5.08. The van der Waals surface area contributed by atoms with Crippen molar-refractivity contribution in [3.05, 3.63) is 48.0 Å². The van der Waals surface area contributed by atoms with Gasteiger partial charge in [-0.3, -0.25) is 0 Å². The molecule has 0 amide bonds. The molecule has 0 unspecified atom stereocenters. The van der Waals surface area contributed by atoms with Crippen molar-refractivity contribution in [1.82, 2.24) is 0 Å². The van der Waals surface area contributed by atoms with Crippen LogP contribution in [0.5, 0.6) is 0 Å². The van der Waals surface area contributed by atoms with Crippen LogP contribution in [-0.2, 0) is 27.7 Å². The van der Waals surface area contributed by atoms with Crippen molar-refractivity contribution in [2.24, 2.45) is 0 Å². The van der Waals surface area contributed by atoms with Gasteiger partial charge in [0.15, 0.2) is 0 Å². The molecule has 0 atom stereocenters. The number of carbonyl (C=O) groups is 1. The van der Waals surface area contributed by atoms with Gasteiger partial charge in [0, 0.05) is 6.42 Å². The minimum atomic E-state index is -10.7. The molecule has 2 rings (SSSR count). The Balaban J connectivity index is 0.000000381. The number of halogens is 6. The predicted molar refractivity (Wildman–Crippen MR) is 91.7 cm³/mol. The van der Waals surface area contributed by atoms with Crippen molar-refractivity contribution in [2.45, 2.75) is 6.42 Å². The molecule has 25 heavy (non-hydrogen) atoms. The molecule has 0 saturated heterocycles. The first kappa shape index (κ1) is 21.6. The van der Waals surface area contributed by atoms with E-state index in [1.54, 1.807) is 0 Å². The van der Waals surface area contributed by atoms with E-state index < -0.39 is 7.81 Å². The quantitative estimate of drug-likeness (QED) is 0.208. The van der Waals surface area contributed by atoms with Gasteiger partial charge in [-0.2, -0.15) is 0 Å². The van der Waals surface area contributed by atoms with Gasteiger partial charge in [-0.25, -0.2) is 4.79 Å². The van der Waals surface area contributed by atoms with Crippen LogP contribution >= 0.6 is 7.81 Å². The number of hydrogen-bond donors (Lipinski definition) is 0. The first-order chi connectivity index (χ1) is 11.2. The van der Waals surface area contributed by atoms with E-state index in [9.17, 15) is 30.0 Å². The summed E-state index contributed by atoms with van der Waals surface area (Å²) in [5.41, 5.74) is 1.20. The molecule has 0 N–H and O–H groups in total. The van der Waals surface area contributed by atoms with E-state index in [1.165, 1.54) is 16.3 Å². The Hall–Kier alpha value is -1.47. The average molecular weight is 406 g/mol. The zero-order valence-electron chi connectivity index (χ0n) is 13.1. The van der Waals surface area contributed by atoms with Gasteiger partial charge < -0.3 is 4.74 Å². The summed E-state index contributed by atoms with van der Waals surface area (Å²) in [4.78, 5) is 11.2. The predicted octanol–water partition coefficient (Wildman–Crippen LogP) is 5.75. The summed E-state index contributed by atoms with van der Waals surface area (Å²) < 4.78 is 64.3. The van der Waals surface area contributed by atoms with Crippen molar-refractivity contribution in [2.75, 3.05) is 18.6 Å². The summed E-state index contributed by atoms with van der Waals surface area (Å²) in [5, 5.41) is 2.47. The van der Waals surface area contributed by atoms with Crippen molar-refractivity contribution in [1.29, 1.82) is 0 Å². The van der Waals surface area contributed by atoms with Gasteiger partial charge in [0.05, 0.1) is 12.9 Å². The maximum absolute atomic E-state index is 11.2. The Bertz CT molecular complexity index is 722. The molecule has 0 spiro atoms. The van der Waals surface area contributed by atoms with E-state index in [1.807, 2.05) is 18.4 Å². The third-order valence-corrected chi connectivity index (χ3v) is 3.33. The monoisotopic (exact) mass is 406 g/mol. The van der Waals surface area contributed by atoms with E-state index in [0.717, 1.165) is 18.2 Å². The van der Waals surface area contributed by atoms with Crippen LogP contribution in [0, 0.1) is 0 Å². The number of ether oxygens (including phenoxy) is 1. The van der Waals surface area contributed by atoms with Crippen LogP contribution in [0.25, 0.3) is 10.8 Å². The molecule has 0 fully saturated rings. The molecule has 2 aromatic carbocycles. The summed E-state index contributed by atoms with van der Waals surface area (Å²) in [7, 11) is -10.7. The van der Waals surface area contributed by atoms with Crippen LogP contribution in [0.4, 0.5) is 25.2 Å². The standard InChI is InChI=1S/C15H16O2S.F6P/c1-18-11-15(16)17-9-8-12-6-7-13-4-2-3-5-14(13)10-12;1-7(2,3,4,5)6/h2-7,10H,8-9,11H2,1H3;/q;-1/p+1. The van der Waals surface area contributed by atoms with Crippen LogP contribution in [0.3, 0.4) is 0 Å². The Kier molecular flexibility index (Phi) is 6.40. The Morgan fingerprint density at radius 1 is 1.00 bits per heavy atom. The molecule has 2 aromatic rings. The molecule has 0 bridgehead atoms. The number of rotatable bonds is 5. The fourth-order valence-electron chi connectivity index (χ4n) is 1.85. The second kappa shape index (κ2) is 7.41. The molecule has 0 aromatic heterocycles. The Morgan fingerprint density at radius 2 is 1.56 bits per heavy atom. The number of hydrogen-bond acceptors (Lipinski definition) is 2. The summed E-state index contributed by atoms with van der Waals surface area (Å²) in [6.07, 6.45) is 2.72. The van der Waals surface area contributed by atoms with Gasteiger partial charge in [-0.1, -0.05) is 42.5 Å². The normalized spacial score (nSPS) is 14.0.